The molecule has 284 valence electrons. The predicted octanol–water partition coefficient (Wildman–Crippen LogP) is 11.6. The number of esters is 1. The second-order valence-corrected chi connectivity index (χ2v) is 16.2. The van der Waals surface area contributed by atoms with Crippen molar-refractivity contribution < 1.29 is 9.53 Å². The maximum atomic E-state index is 14.5. The van der Waals surface area contributed by atoms with E-state index >= 15 is 0 Å². The summed E-state index contributed by atoms with van der Waals surface area (Å²) in [5.41, 5.74) is 18.0. The van der Waals surface area contributed by atoms with Crippen molar-refractivity contribution in [2.75, 3.05) is 19.0 Å². The summed E-state index contributed by atoms with van der Waals surface area (Å²) in [4.78, 5) is 16.6. The largest absolute Gasteiger partial charge is 0.449 e. The number of cyclic esters (lactones) is 1. The number of hydrogen-bond acceptors (Lipinski definition) is 5. The van der Waals surface area contributed by atoms with E-state index in [9.17, 15) is 4.79 Å². The summed E-state index contributed by atoms with van der Waals surface area (Å²) in [5.74, 6) is -0.251. The highest BCUT2D eigenvalue weighted by Gasteiger charge is 2.71. The number of nitrogens with zero attached hydrogens (tertiary/aromatic N) is 1. The normalized spacial score (nSPS) is 26.9. The SMILES string of the molecule is CCCCCCC1=CC(N)C(CCCCCC)(C2(C3(CCCCCC)C=CC(CCCCCC)=CC3N)OC(=O)c3cc(N(C)C)ccc32)C=C1. The van der Waals surface area contributed by atoms with Crippen LogP contribution in [0.25, 0.3) is 0 Å². The van der Waals surface area contributed by atoms with Crippen LogP contribution in [0.5, 0.6) is 0 Å². The van der Waals surface area contributed by atoms with Crippen LogP contribution in [0.4, 0.5) is 5.69 Å². The molecule has 4 N–H and O–H groups in total. The van der Waals surface area contributed by atoms with Crippen molar-refractivity contribution in [3.63, 3.8) is 0 Å². The Balaban J connectivity index is 1.95. The lowest BCUT2D eigenvalue weighted by Crippen LogP contribution is -2.67. The molecule has 4 rings (SSSR count). The van der Waals surface area contributed by atoms with Gasteiger partial charge in [0.1, 0.15) is 0 Å². The first-order chi connectivity index (χ1) is 24.7. The average Bonchev–Trinajstić information content (AvgIpc) is 3.43. The zero-order valence-corrected chi connectivity index (χ0v) is 33.4. The second-order valence-electron chi connectivity index (χ2n) is 16.2. The number of fused-ring (bicyclic) bond motifs is 1. The lowest BCUT2D eigenvalue weighted by atomic mass is 9.47. The minimum absolute atomic E-state index is 0.251. The second kappa shape index (κ2) is 19.4. The van der Waals surface area contributed by atoms with Crippen LogP contribution >= 0.6 is 0 Å². The van der Waals surface area contributed by atoms with E-state index in [1.807, 2.05) is 20.2 Å². The smallest absolute Gasteiger partial charge is 0.339 e. The Morgan fingerprint density at radius 2 is 1.10 bits per heavy atom. The fourth-order valence-corrected chi connectivity index (χ4v) is 9.35. The molecule has 1 heterocycles. The first-order valence-corrected chi connectivity index (χ1v) is 21.0. The number of nitrogens with two attached hydrogens (primary N) is 2. The lowest BCUT2D eigenvalue weighted by molar-refractivity contribution is -0.158. The summed E-state index contributed by atoms with van der Waals surface area (Å²) in [6.07, 6.45) is 36.5. The van der Waals surface area contributed by atoms with Gasteiger partial charge >= 0.3 is 5.97 Å². The van der Waals surface area contributed by atoms with Gasteiger partial charge in [-0.3, -0.25) is 0 Å². The van der Waals surface area contributed by atoms with Gasteiger partial charge < -0.3 is 21.1 Å². The zero-order valence-electron chi connectivity index (χ0n) is 33.4. The zero-order chi connectivity index (χ0) is 36.9. The Hall–Kier alpha value is -2.63. The van der Waals surface area contributed by atoms with Crippen molar-refractivity contribution in [2.24, 2.45) is 22.3 Å². The van der Waals surface area contributed by atoms with Crippen LogP contribution < -0.4 is 16.4 Å². The molecule has 0 amide bonds. The van der Waals surface area contributed by atoms with Crippen LogP contribution in [-0.4, -0.2) is 32.1 Å². The minimum Gasteiger partial charge on any atom is -0.449 e. The Labute approximate surface area is 312 Å². The molecule has 0 bridgehead atoms. The first-order valence-electron chi connectivity index (χ1n) is 21.0. The lowest BCUT2D eigenvalue weighted by Gasteiger charge is -2.60. The Morgan fingerprint density at radius 3 is 1.51 bits per heavy atom. The molecule has 3 aliphatic rings. The van der Waals surface area contributed by atoms with E-state index < -0.39 is 16.4 Å². The van der Waals surface area contributed by atoms with Crippen molar-refractivity contribution in [1.29, 1.82) is 0 Å². The molecule has 5 nitrogen and oxygen atoms in total. The van der Waals surface area contributed by atoms with Gasteiger partial charge in [0.15, 0.2) is 5.60 Å². The monoisotopic (exact) mass is 700 g/mol. The fraction of sp³-hybridized carbons (Fsp3) is 0.674. The van der Waals surface area contributed by atoms with E-state index in [2.05, 4.69) is 81.2 Å². The Kier molecular flexibility index (Phi) is 15.7. The molecule has 2 aliphatic carbocycles. The van der Waals surface area contributed by atoms with E-state index in [1.165, 1.54) is 62.5 Å². The van der Waals surface area contributed by atoms with Crippen molar-refractivity contribution in [3.8, 4) is 0 Å². The van der Waals surface area contributed by atoms with Crippen molar-refractivity contribution in [2.45, 2.75) is 174 Å². The van der Waals surface area contributed by atoms with E-state index in [4.69, 9.17) is 16.2 Å². The summed E-state index contributed by atoms with van der Waals surface area (Å²) in [7, 11) is 4.05. The number of allylic oxidation sites excluding steroid dienone is 4. The molecule has 1 aromatic carbocycles. The highest BCUT2D eigenvalue weighted by molar-refractivity contribution is 5.96. The Morgan fingerprint density at radius 1 is 0.647 bits per heavy atom. The quantitative estimate of drug-likeness (QED) is 0.0878. The van der Waals surface area contributed by atoms with Crippen molar-refractivity contribution in [3.05, 3.63) is 76.9 Å². The molecule has 1 aliphatic heterocycles. The molecule has 0 fully saturated rings. The summed E-state index contributed by atoms with van der Waals surface area (Å²) in [6, 6.07) is 5.72. The van der Waals surface area contributed by atoms with Crippen LogP contribution in [-0.2, 0) is 10.3 Å². The number of unbranched alkanes of at least 4 members (excludes halogenated alkanes) is 12. The maximum absolute atomic E-state index is 14.5. The molecule has 4 unspecified atom stereocenters. The van der Waals surface area contributed by atoms with Gasteiger partial charge in [-0.1, -0.05) is 171 Å². The molecule has 1 aromatic rings. The third-order valence-electron chi connectivity index (χ3n) is 12.4. The topological polar surface area (TPSA) is 81.6 Å². The van der Waals surface area contributed by atoms with E-state index in [1.54, 1.807) is 0 Å². The van der Waals surface area contributed by atoms with Gasteiger partial charge in [-0.25, -0.2) is 4.79 Å². The highest BCUT2D eigenvalue weighted by Crippen LogP contribution is 2.67. The number of carbonyl (C=O) groups is 1. The van der Waals surface area contributed by atoms with Gasteiger partial charge in [-0.15, -0.1) is 0 Å². The summed E-state index contributed by atoms with van der Waals surface area (Å²) >= 11 is 0. The van der Waals surface area contributed by atoms with Crippen LogP contribution in [0, 0.1) is 10.8 Å². The van der Waals surface area contributed by atoms with Gasteiger partial charge in [0, 0.05) is 37.4 Å². The van der Waals surface area contributed by atoms with Crippen molar-refractivity contribution in [1.82, 2.24) is 0 Å². The first kappa shape index (κ1) is 41.1. The van der Waals surface area contributed by atoms with Crippen LogP contribution in [0.3, 0.4) is 0 Å². The molecule has 4 atom stereocenters. The number of benzene rings is 1. The number of rotatable bonds is 23. The number of ether oxygens (including phenoxy) is 1. The molecule has 0 saturated heterocycles. The van der Waals surface area contributed by atoms with Gasteiger partial charge in [0.25, 0.3) is 0 Å². The number of carbonyl (C=O) groups excluding carboxylic acids is 1. The molecule has 51 heavy (non-hydrogen) atoms. The van der Waals surface area contributed by atoms with Gasteiger partial charge in [-0.05, 0) is 50.7 Å². The third kappa shape index (κ3) is 8.78. The van der Waals surface area contributed by atoms with E-state index in [-0.39, 0.29) is 18.1 Å². The summed E-state index contributed by atoms with van der Waals surface area (Å²) in [5, 5.41) is 0. The average molecular weight is 700 g/mol. The van der Waals surface area contributed by atoms with Crippen LogP contribution in [0.1, 0.15) is 172 Å². The molecular weight excluding hydrogens is 627 g/mol. The van der Waals surface area contributed by atoms with Gasteiger partial charge in [-0.2, -0.15) is 0 Å². The highest BCUT2D eigenvalue weighted by atomic mass is 16.6. The molecular formula is C46H73N3O2. The van der Waals surface area contributed by atoms with Gasteiger partial charge in [0.2, 0.25) is 0 Å². The van der Waals surface area contributed by atoms with Crippen LogP contribution in [0.15, 0.2) is 65.8 Å². The maximum Gasteiger partial charge on any atom is 0.339 e. The summed E-state index contributed by atoms with van der Waals surface area (Å²) < 4.78 is 7.21. The third-order valence-corrected chi connectivity index (χ3v) is 12.4. The van der Waals surface area contributed by atoms with E-state index in [0.717, 1.165) is 88.3 Å². The predicted molar refractivity (Wildman–Crippen MR) is 218 cm³/mol. The fourth-order valence-electron chi connectivity index (χ4n) is 9.35. The molecule has 0 radical (unpaired) electrons. The summed E-state index contributed by atoms with van der Waals surface area (Å²) in [6.45, 7) is 9.05. The number of hydrogen-bond donors (Lipinski definition) is 2. The van der Waals surface area contributed by atoms with Gasteiger partial charge in [0.05, 0.1) is 16.4 Å². The van der Waals surface area contributed by atoms with Crippen molar-refractivity contribution >= 4 is 11.7 Å². The van der Waals surface area contributed by atoms with Crippen LogP contribution in [0.2, 0.25) is 0 Å². The molecule has 5 heteroatoms. The Bertz CT molecular complexity index is 1320. The number of anilines is 1. The molecule has 0 saturated carbocycles. The molecule has 0 spiro atoms. The molecule has 0 aromatic heterocycles. The van der Waals surface area contributed by atoms with E-state index in [0.29, 0.717) is 5.56 Å². The standard InChI is InChI=1S/C46H73N3O2/c1-7-11-15-19-23-36-27-31-44(41(47)33-36,29-21-17-13-9-3)46(40-26-25-38(49(5)6)35-39(40)43(50)51-46)45(30-22-18-14-10-4)32-28-37(34-42(45)48)24-20-16-12-8-2/h25-28,31-35,41-42H,7-24,29-30,47-48H2,1-6H3. The minimum atomic E-state index is -1.07.